The van der Waals surface area contributed by atoms with E-state index >= 15 is 0 Å². The molecule has 1 aromatic carbocycles. The first-order valence-corrected chi connectivity index (χ1v) is 8.25. The lowest BCUT2D eigenvalue weighted by atomic mass is 10.1. The van der Waals surface area contributed by atoms with Crippen LogP contribution < -0.4 is 10.2 Å². The highest BCUT2D eigenvalue weighted by molar-refractivity contribution is 6.03. The number of methoxy groups -OCH3 is 1. The number of amides is 1. The van der Waals surface area contributed by atoms with E-state index in [0.29, 0.717) is 43.3 Å². The van der Waals surface area contributed by atoms with Crippen molar-refractivity contribution < 1.29 is 23.5 Å². The van der Waals surface area contributed by atoms with Gasteiger partial charge in [0.15, 0.2) is 0 Å². The van der Waals surface area contributed by atoms with Crippen molar-refractivity contribution in [1.82, 2.24) is 0 Å². The maximum Gasteiger partial charge on any atom is 0.340 e. The second kappa shape index (κ2) is 8.35. The average molecular weight is 356 g/mol. The summed E-state index contributed by atoms with van der Waals surface area (Å²) < 4.78 is 15.4. The third-order valence-electron chi connectivity index (χ3n) is 3.96. The summed E-state index contributed by atoms with van der Waals surface area (Å²) in [6.45, 7) is 2.61. The minimum atomic E-state index is -0.450. The molecule has 0 atom stereocenters. The molecule has 3 rings (SSSR count). The fourth-order valence-electron chi connectivity index (χ4n) is 2.70. The molecule has 0 unspecified atom stereocenters. The number of furan rings is 1. The highest BCUT2D eigenvalue weighted by atomic mass is 16.5. The van der Waals surface area contributed by atoms with E-state index < -0.39 is 5.97 Å². The molecule has 1 aromatic heterocycles. The molecule has 136 valence electrons. The smallest absolute Gasteiger partial charge is 0.340 e. The summed E-state index contributed by atoms with van der Waals surface area (Å²) in [4.78, 5) is 26.3. The van der Waals surface area contributed by atoms with Crippen LogP contribution >= 0.6 is 0 Å². The number of anilines is 2. The van der Waals surface area contributed by atoms with Crippen LogP contribution in [0.15, 0.2) is 47.1 Å². The standard InChI is InChI=1S/C19H20N2O5/c1-24-19(23)16-13-14(4-6-17(16)21-8-11-25-12-9-21)20-18(22)7-5-15-3-2-10-26-15/h2-7,10,13H,8-9,11-12H2,1H3,(H,20,22). The van der Waals surface area contributed by atoms with Gasteiger partial charge < -0.3 is 24.1 Å². The minimum absolute atomic E-state index is 0.323. The van der Waals surface area contributed by atoms with Crippen LogP contribution in [0.4, 0.5) is 11.4 Å². The Labute approximate surface area is 151 Å². The van der Waals surface area contributed by atoms with E-state index in [1.165, 1.54) is 19.4 Å². The molecule has 0 aliphatic carbocycles. The number of nitrogens with one attached hydrogen (secondary N) is 1. The van der Waals surface area contributed by atoms with Gasteiger partial charge in [-0.05, 0) is 36.4 Å². The Morgan fingerprint density at radius 3 is 2.73 bits per heavy atom. The number of carbonyl (C=O) groups is 2. The lowest BCUT2D eigenvalue weighted by molar-refractivity contribution is -0.111. The molecule has 0 radical (unpaired) electrons. The van der Waals surface area contributed by atoms with Gasteiger partial charge in [0.2, 0.25) is 5.91 Å². The van der Waals surface area contributed by atoms with Crippen molar-refractivity contribution >= 4 is 29.3 Å². The molecule has 7 heteroatoms. The molecule has 1 N–H and O–H groups in total. The van der Waals surface area contributed by atoms with Crippen molar-refractivity contribution in [3.8, 4) is 0 Å². The van der Waals surface area contributed by atoms with Gasteiger partial charge in [0.1, 0.15) is 5.76 Å². The number of rotatable bonds is 5. The molecule has 1 saturated heterocycles. The largest absolute Gasteiger partial charge is 0.465 e. The topological polar surface area (TPSA) is 81.0 Å². The Bertz CT molecular complexity index is 792. The number of carbonyl (C=O) groups excluding carboxylic acids is 2. The van der Waals surface area contributed by atoms with Gasteiger partial charge in [0.05, 0.1) is 37.8 Å². The van der Waals surface area contributed by atoms with Crippen molar-refractivity contribution in [2.24, 2.45) is 0 Å². The van der Waals surface area contributed by atoms with Crippen LogP contribution in [0.3, 0.4) is 0 Å². The van der Waals surface area contributed by atoms with Crippen LogP contribution in [0.25, 0.3) is 6.08 Å². The molecule has 2 heterocycles. The highest BCUT2D eigenvalue weighted by Crippen LogP contribution is 2.26. The van der Waals surface area contributed by atoms with Gasteiger partial charge in [-0.2, -0.15) is 0 Å². The predicted molar refractivity (Wildman–Crippen MR) is 97.2 cm³/mol. The Balaban J connectivity index is 1.77. The van der Waals surface area contributed by atoms with E-state index in [2.05, 4.69) is 10.2 Å². The summed E-state index contributed by atoms with van der Waals surface area (Å²) in [5, 5.41) is 2.74. The molecule has 2 aromatic rings. The molecule has 0 bridgehead atoms. The lowest BCUT2D eigenvalue weighted by Crippen LogP contribution is -2.37. The van der Waals surface area contributed by atoms with E-state index in [1.807, 2.05) is 6.07 Å². The third-order valence-corrected chi connectivity index (χ3v) is 3.96. The van der Waals surface area contributed by atoms with Crippen LogP contribution in [0.5, 0.6) is 0 Å². The molecular weight excluding hydrogens is 336 g/mol. The SMILES string of the molecule is COC(=O)c1cc(NC(=O)C=Cc2ccco2)ccc1N1CCOCC1. The molecule has 26 heavy (non-hydrogen) atoms. The van der Waals surface area contributed by atoms with Crippen LogP contribution in [0.1, 0.15) is 16.1 Å². The molecule has 1 amide bonds. The van der Waals surface area contributed by atoms with Crippen LogP contribution in [-0.2, 0) is 14.3 Å². The second-order valence-electron chi connectivity index (χ2n) is 5.66. The van der Waals surface area contributed by atoms with Crippen molar-refractivity contribution in [3.63, 3.8) is 0 Å². The molecule has 0 spiro atoms. The van der Waals surface area contributed by atoms with Crippen LogP contribution in [-0.4, -0.2) is 45.3 Å². The summed E-state index contributed by atoms with van der Waals surface area (Å²) in [5.41, 5.74) is 1.68. The molecule has 1 fully saturated rings. The zero-order valence-electron chi connectivity index (χ0n) is 14.4. The minimum Gasteiger partial charge on any atom is -0.465 e. The molecule has 0 saturated carbocycles. The zero-order chi connectivity index (χ0) is 18.4. The van der Waals surface area contributed by atoms with E-state index in [9.17, 15) is 9.59 Å². The van der Waals surface area contributed by atoms with Gasteiger partial charge in [-0.1, -0.05) is 0 Å². The van der Waals surface area contributed by atoms with Gasteiger partial charge in [-0.3, -0.25) is 4.79 Å². The van der Waals surface area contributed by atoms with E-state index in [4.69, 9.17) is 13.9 Å². The second-order valence-corrected chi connectivity index (χ2v) is 5.66. The normalized spacial score (nSPS) is 14.4. The number of esters is 1. The Morgan fingerprint density at radius 2 is 2.04 bits per heavy atom. The fraction of sp³-hybridized carbons (Fsp3) is 0.263. The summed E-state index contributed by atoms with van der Waals surface area (Å²) in [6.07, 6.45) is 4.47. The first kappa shape index (κ1) is 17.8. The average Bonchev–Trinajstić information content (AvgIpc) is 3.20. The zero-order valence-corrected chi connectivity index (χ0v) is 14.4. The van der Waals surface area contributed by atoms with Crippen LogP contribution in [0.2, 0.25) is 0 Å². The summed E-state index contributed by atoms with van der Waals surface area (Å²) >= 11 is 0. The first-order chi connectivity index (χ1) is 12.7. The quantitative estimate of drug-likeness (QED) is 0.655. The highest BCUT2D eigenvalue weighted by Gasteiger charge is 2.20. The third kappa shape index (κ3) is 4.31. The first-order valence-electron chi connectivity index (χ1n) is 8.25. The van der Waals surface area contributed by atoms with Gasteiger partial charge in [0, 0.05) is 24.9 Å². The number of benzene rings is 1. The van der Waals surface area contributed by atoms with Gasteiger partial charge in [-0.15, -0.1) is 0 Å². The van der Waals surface area contributed by atoms with Crippen LogP contribution in [0, 0.1) is 0 Å². The maximum absolute atomic E-state index is 12.2. The predicted octanol–water partition coefficient (Wildman–Crippen LogP) is 2.55. The Morgan fingerprint density at radius 1 is 1.23 bits per heavy atom. The number of hydrogen-bond donors (Lipinski definition) is 1. The number of morpholine rings is 1. The molecule has 1 aliphatic heterocycles. The van der Waals surface area contributed by atoms with E-state index in [-0.39, 0.29) is 5.91 Å². The molecule has 1 aliphatic rings. The van der Waals surface area contributed by atoms with Crippen molar-refractivity contribution in [2.45, 2.75) is 0 Å². The van der Waals surface area contributed by atoms with Crippen molar-refractivity contribution in [3.05, 3.63) is 54.0 Å². The number of ether oxygens (including phenoxy) is 2. The summed E-state index contributed by atoms with van der Waals surface area (Å²) in [7, 11) is 1.34. The summed E-state index contributed by atoms with van der Waals surface area (Å²) in [5.74, 6) is -0.192. The number of nitrogens with zero attached hydrogens (tertiary/aromatic N) is 1. The number of hydrogen-bond acceptors (Lipinski definition) is 6. The van der Waals surface area contributed by atoms with Gasteiger partial charge in [0.25, 0.3) is 0 Å². The Kier molecular flexibility index (Phi) is 5.70. The molecule has 7 nitrogen and oxygen atoms in total. The lowest BCUT2D eigenvalue weighted by Gasteiger charge is -2.30. The van der Waals surface area contributed by atoms with E-state index in [0.717, 1.165) is 5.69 Å². The van der Waals surface area contributed by atoms with Gasteiger partial charge in [-0.25, -0.2) is 4.79 Å². The Hall–Kier alpha value is -3.06. The van der Waals surface area contributed by atoms with E-state index in [1.54, 1.807) is 30.3 Å². The summed E-state index contributed by atoms with van der Waals surface area (Å²) in [6, 6.07) is 8.68. The maximum atomic E-state index is 12.2. The van der Waals surface area contributed by atoms with Crippen molar-refractivity contribution in [1.29, 1.82) is 0 Å². The fourth-order valence-corrected chi connectivity index (χ4v) is 2.70. The van der Waals surface area contributed by atoms with Gasteiger partial charge >= 0.3 is 5.97 Å². The monoisotopic (exact) mass is 356 g/mol. The molecular formula is C19H20N2O5. The van der Waals surface area contributed by atoms with Crippen molar-refractivity contribution in [2.75, 3.05) is 43.6 Å².